The summed E-state index contributed by atoms with van der Waals surface area (Å²) in [6.07, 6.45) is -4.81. The predicted molar refractivity (Wildman–Crippen MR) is 185 cm³/mol. The molecule has 0 saturated carbocycles. The second kappa shape index (κ2) is 12.0. The molecule has 0 bridgehead atoms. The van der Waals surface area contributed by atoms with Crippen molar-refractivity contribution in [2.45, 2.75) is 55.1 Å². The number of halogens is 3. The molecule has 49 heavy (non-hydrogen) atoms. The lowest BCUT2D eigenvalue weighted by Crippen LogP contribution is -2.33. The van der Waals surface area contributed by atoms with Crippen LogP contribution in [-0.2, 0) is 32.5 Å². The summed E-state index contributed by atoms with van der Waals surface area (Å²) in [5, 5.41) is 3.86. The number of hydrogen-bond acceptors (Lipinski definition) is 6. The summed E-state index contributed by atoms with van der Waals surface area (Å²) < 4.78 is 43.6. The van der Waals surface area contributed by atoms with E-state index in [0.29, 0.717) is 26.1 Å². The summed E-state index contributed by atoms with van der Waals surface area (Å²) in [4.78, 5) is 56.0. The molecule has 2 aliphatic heterocycles. The monoisotopic (exact) mass is 701 g/mol. The van der Waals surface area contributed by atoms with Gasteiger partial charge in [-0.05, 0) is 40.1 Å². The first-order chi connectivity index (χ1) is 23.2. The number of nitrogens with zero attached hydrogens (tertiary/aromatic N) is 2. The first-order valence-electron chi connectivity index (χ1n) is 15.6. The van der Waals surface area contributed by atoms with Gasteiger partial charge in [0.25, 0.3) is 0 Å². The van der Waals surface area contributed by atoms with E-state index in [1.807, 2.05) is 60.7 Å². The normalized spacial score (nSPS) is 19.2. The summed E-state index contributed by atoms with van der Waals surface area (Å²) in [5.41, 5.74) is 0.423. The number of hydrogen-bond donors (Lipinski definition) is 1. The van der Waals surface area contributed by atoms with Crippen LogP contribution in [0.25, 0.3) is 10.8 Å². The molecule has 0 aliphatic carbocycles. The molecule has 0 radical (unpaired) electrons. The van der Waals surface area contributed by atoms with Crippen LogP contribution in [0.15, 0.2) is 101 Å². The third-order valence-corrected chi connectivity index (χ3v) is 11.6. The number of carbonyl (C=O) groups is 3. The average Bonchev–Trinajstić information content (AvgIpc) is 3.50. The van der Waals surface area contributed by atoms with E-state index in [1.165, 1.54) is 16.7 Å². The number of carbonyl (C=O) groups excluding carboxylic acids is 3. The minimum Gasteiger partial charge on any atom is -0.324 e. The molecule has 1 N–H and O–H groups in total. The zero-order chi connectivity index (χ0) is 34.8. The second-order valence-electron chi connectivity index (χ2n) is 13.1. The highest BCUT2D eigenvalue weighted by Crippen LogP contribution is 2.54. The van der Waals surface area contributed by atoms with Crippen molar-refractivity contribution in [1.82, 2.24) is 4.57 Å². The maximum atomic E-state index is 14.2. The zero-order valence-electron chi connectivity index (χ0n) is 26.6. The van der Waals surface area contributed by atoms with Gasteiger partial charge in [0.2, 0.25) is 17.7 Å². The fourth-order valence-electron chi connectivity index (χ4n) is 6.62. The molecule has 5 aromatic rings. The van der Waals surface area contributed by atoms with Gasteiger partial charge < -0.3 is 5.32 Å². The molecule has 0 spiro atoms. The Morgan fingerprint density at radius 2 is 1.51 bits per heavy atom. The number of imide groups is 1. The summed E-state index contributed by atoms with van der Waals surface area (Å²) >= 11 is 1.84. The average molecular weight is 702 g/mol. The fraction of sp³-hybridized carbons (Fsp3) is 0.243. The summed E-state index contributed by atoms with van der Waals surface area (Å²) in [6, 6.07) is 25.1. The molecule has 12 heteroatoms. The van der Waals surface area contributed by atoms with E-state index >= 15 is 0 Å². The standard InChI is InChI=1S/C37H30F3N3O4S2/c1-36(2,3)22-17-15-21(16-18-22)28-29-30(33(46)43(32(29)45)26-14-7-6-12-24(26)37(38,39)40)48-34-31(28)49-35(47)42(34)19-27(44)41-25-13-8-10-20-9-4-5-11-23(20)25/h4-18,28-30H,19H2,1-3H3,(H,41,44)/t28-,29?,30?/m1/s1. The summed E-state index contributed by atoms with van der Waals surface area (Å²) in [7, 11) is 0. The number of anilines is 2. The number of aromatic nitrogens is 1. The van der Waals surface area contributed by atoms with Crippen LogP contribution in [0.1, 0.15) is 48.3 Å². The van der Waals surface area contributed by atoms with Crippen molar-refractivity contribution in [1.29, 1.82) is 0 Å². The fourth-order valence-corrected chi connectivity index (χ4v) is 9.39. The Bertz CT molecular complexity index is 2200. The minimum absolute atomic E-state index is 0.183. The van der Waals surface area contributed by atoms with Crippen LogP contribution < -0.4 is 15.1 Å². The molecule has 4 aromatic carbocycles. The smallest absolute Gasteiger partial charge is 0.324 e. The van der Waals surface area contributed by atoms with Crippen LogP contribution in [0.3, 0.4) is 0 Å². The largest absolute Gasteiger partial charge is 0.418 e. The van der Waals surface area contributed by atoms with Gasteiger partial charge in [0, 0.05) is 21.9 Å². The van der Waals surface area contributed by atoms with Crippen LogP contribution >= 0.6 is 23.1 Å². The zero-order valence-corrected chi connectivity index (χ0v) is 28.2. The summed E-state index contributed by atoms with van der Waals surface area (Å²) in [5.74, 6) is -3.93. The van der Waals surface area contributed by atoms with Crippen molar-refractivity contribution < 1.29 is 27.6 Å². The third kappa shape index (κ3) is 5.76. The van der Waals surface area contributed by atoms with Crippen LogP contribution in [0, 0.1) is 5.92 Å². The molecule has 7 nitrogen and oxygen atoms in total. The Kier molecular flexibility index (Phi) is 8.06. The van der Waals surface area contributed by atoms with Gasteiger partial charge in [0.15, 0.2) is 0 Å². The van der Waals surface area contributed by atoms with E-state index in [2.05, 4.69) is 26.1 Å². The van der Waals surface area contributed by atoms with Gasteiger partial charge in [-0.1, -0.05) is 117 Å². The van der Waals surface area contributed by atoms with Gasteiger partial charge in [-0.25, -0.2) is 4.90 Å². The highest BCUT2D eigenvalue weighted by atomic mass is 32.2. The van der Waals surface area contributed by atoms with Crippen LogP contribution in [0.5, 0.6) is 0 Å². The van der Waals surface area contributed by atoms with E-state index in [9.17, 15) is 32.3 Å². The first kappa shape index (κ1) is 32.8. The number of thioether (sulfide) groups is 1. The second-order valence-corrected chi connectivity index (χ2v) is 15.3. The van der Waals surface area contributed by atoms with Crippen molar-refractivity contribution in [3.63, 3.8) is 0 Å². The third-order valence-electron chi connectivity index (χ3n) is 9.00. The van der Waals surface area contributed by atoms with Crippen LogP contribution in [0.2, 0.25) is 0 Å². The molecular weight excluding hydrogens is 672 g/mol. The number of nitrogens with one attached hydrogen (secondary N) is 1. The Labute approximate surface area is 287 Å². The molecule has 1 saturated heterocycles. The number of amides is 3. The lowest BCUT2D eigenvalue weighted by molar-refractivity contribution is -0.137. The number of alkyl halides is 3. The van der Waals surface area contributed by atoms with Crippen LogP contribution in [-0.4, -0.2) is 27.5 Å². The van der Waals surface area contributed by atoms with Gasteiger partial charge in [-0.15, -0.1) is 0 Å². The molecule has 1 fully saturated rings. The van der Waals surface area contributed by atoms with Crippen LogP contribution in [0.4, 0.5) is 24.5 Å². The molecule has 3 heterocycles. The number of para-hydroxylation sites is 1. The van der Waals surface area contributed by atoms with E-state index in [4.69, 9.17) is 0 Å². The number of rotatable bonds is 5. The molecule has 1 aromatic heterocycles. The molecule has 250 valence electrons. The Hall–Kier alpha value is -4.68. The molecule has 3 atom stereocenters. The van der Waals surface area contributed by atoms with Crippen molar-refractivity contribution >= 4 is 63.0 Å². The maximum Gasteiger partial charge on any atom is 0.418 e. The lowest BCUT2D eigenvalue weighted by atomic mass is 9.81. The molecule has 3 amide bonds. The Balaban J connectivity index is 1.31. The molecular formula is C37H30F3N3O4S2. The van der Waals surface area contributed by atoms with E-state index < -0.39 is 57.1 Å². The lowest BCUT2D eigenvalue weighted by Gasteiger charge is -2.31. The summed E-state index contributed by atoms with van der Waals surface area (Å²) in [6.45, 7) is 5.80. The highest BCUT2D eigenvalue weighted by Gasteiger charge is 2.57. The number of benzene rings is 4. The van der Waals surface area contributed by atoms with Crippen molar-refractivity contribution in [3.05, 3.63) is 122 Å². The predicted octanol–water partition coefficient (Wildman–Crippen LogP) is 7.81. The van der Waals surface area contributed by atoms with E-state index in [1.54, 1.807) is 6.07 Å². The Morgan fingerprint density at radius 1 is 0.837 bits per heavy atom. The molecule has 2 aliphatic rings. The molecule has 7 rings (SSSR count). The maximum absolute atomic E-state index is 14.2. The van der Waals surface area contributed by atoms with Gasteiger partial charge in [0.1, 0.15) is 11.8 Å². The SMILES string of the molecule is CC(C)(C)c1ccc([C@H]2c3sc(=O)n(CC(=O)Nc4cccc5ccccc45)c3SC3C(=O)N(c4ccccc4C(F)(F)F)C(=O)C32)cc1. The van der Waals surface area contributed by atoms with Gasteiger partial charge in [-0.3, -0.25) is 23.7 Å². The van der Waals surface area contributed by atoms with Gasteiger partial charge in [-0.2, -0.15) is 13.2 Å². The van der Waals surface area contributed by atoms with Crippen molar-refractivity contribution in [2.75, 3.05) is 10.2 Å². The van der Waals surface area contributed by atoms with Gasteiger partial charge >= 0.3 is 11.0 Å². The highest BCUT2D eigenvalue weighted by molar-refractivity contribution is 8.00. The van der Waals surface area contributed by atoms with Crippen molar-refractivity contribution in [2.24, 2.45) is 5.92 Å². The van der Waals surface area contributed by atoms with E-state index in [0.717, 1.165) is 51.6 Å². The topological polar surface area (TPSA) is 88.5 Å². The number of fused-ring (bicyclic) bond motifs is 3. The first-order valence-corrected chi connectivity index (χ1v) is 17.3. The molecule has 2 unspecified atom stereocenters. The Morgan fingerprint density at radius 3 is 2.22 bits per heavy atom. The van der Waals surface area contributed by atoms with Crippen molar-refractivity contribution in [3.8, 4) is 0 Å². The quantitative estimate of drug-likeness (QED) is 0.189. The number of thiazole rings is 1. The van der Waals surface area contributed by atoms with Gasteiger partial charge in [0.05, 0.1) is 22.2 Å². The minimum atomic E-state index is -4.81. The van der Waals surface area contributed by atoms with E-state index in [-0.39, 0.29) is 12.0 Å².